The molecule has 4 atom stereocenters. The quantitative estimate of drug-likeness (QED) is 0.506. The number of aliphatic hydroxyl groups is 2. The minimum Gasteiger partial charge on any atom is -0.389 e. The predicted octanol–water partition coefficient (Wildman–Crippen LogP) is 0.418. The van der Waals surface area contributed by atoms with E-state index in [-0.39, 0.29) is 12.1 Å². The number of fused-ring (bicyclic) bond motifs is 1. The first kappa shape index (κ1) is 15.5. The second-order valence-electron chi connectivity index (χ2n) is 5.53. The van der Waals surface area contributed by atoms with Gasteiger partial charge in [0.1, 0.15) is 17.9 Å². The summed E-state index contributed by atoms with van der Waals surface area (Å²) in [5, 5.41) is 24.0. The molecule has 7 nitrogen and oxygen atoms in total. The monoisotopic (exact) mass is 323 g/mol. The van der Waals surface area contributed by atoms with Crippen LogP contribution in [0.2, 0.25) is 0 Å². The van der Waals surface area contributed by atoms with Gasteiger partial charge in [0, 0.05) is 23.6 Å². The van der Waals surface area contributed by atoms with Crippen LogP contribution >= 0.6 is 11.8 Å². The maximum atomic E-state index is 10.4. The van der Waals surface area contributed by atoms with E-state index in [1.807, 2.05) is 0 Å². The molecule has 0 bridgehead atoms. The van der Waals surface area contributed by atoms with Crippen LogP contribution in [0.15, 0.2) is 12.5 Å². The molecule has 6 N–H and O–H groups in total. The lowest BCUT2D eigenvalue weighted by Crippen LogP contribution is -2.35. The number of rotatable bonds is 5. The SMILES string of the molecule is CCCSC[C@H]1NC(c2c[nH]c3c(N)ncnc23)[C@@H](O)C1O. The lowest BCUT2D eigenvalue weighted by Gasteiger charge is -2.14. The summed E-state index contributed by atoms with van der Waals surface area (Å²) in [6.07, 6.45) is 2.60. The van der Waals surface area contributed by atoms with Crippen molar-refractivity contribution in [2.75, 3.05) is 17.2 Å². The van der Waals surface area contributed by atoms with E-state index in [1.54, 1.807) is 18.0 Å². The van der Waals surface area contributed by atoms with Crippen LogP contribution in [0.25, 0.3) is 11.0 Å². The fraction of sp³-hybridized carbons (Fsp3) is 0.571. The van der Waals surface area contributed by atoms with Crippen molar-refractivity contribution in [3.8, 4) is 0 Å². The Morgan fingerprint density at radius 1 is 1.32 bits per heavy atom. The Labute approximate surface area is 132 Å². The number of nitrogens with zero attached hydrogens (tertiary/aromatic N) is 2. The van der Waals surface area contributed by atoms with Gasteiger partial charge < -0.3 is 26.2 Å². The lowest BCUT2D eigenvalue weighted by molar-refractivity contribution is 0.0308. The van der Waals surface area contributed by atoms with Gasteiger partial charge in [-0.2, -0.15) is 11.8 Å². The Kier molecular flexibility index (Phi) is 4.53. The van der Waals surface area contributed by atoms with Crippen LogP contribution in [0.5, 0.6) is 0 Å². The van der Waals surface area contributed by atoms with Crippen molar-refractivity contribution in [1.29, 1.82) is 0 Å². The van der Waals surface area contributed by atoms with Crippen molar-refractivity contribution in [1.82, 2.24) is 20.3 Å². The van der Waals surface area contributed by atoms with Gasteiger partial charge in [0.05, 0.1) is 17.7 Å². The molecule has 1 saturated heterocycles. The fourth-order valence-electron chi connectivity index (χ4n) is 2.85. The van der Waals surface area contributed by atoms with Gasteiger partial charge in [-0.1, -0.05) is 6.92 Å². The minimum absolute atomic E-state index is 0.138. The highest BCUT2D eigenvalue weighted by Crippen LogP contribution is 2.33. The number of aromatic nitrogens is 3. The first-order chi connectivity index (χ1) is 10.6. The van der Waals surface area contributed by atoms with Gasteiger partial charge in [-0.15, -0.1) is 0 Å². The van der Waals surface area contributed by atoms with Crippen LogP contribution in [0.1, 0.15) is 24.9 Å². The first-order valence-corrected chi connectivity index (χ1v) is 8.56. The van der Waals surface area contributed by atoms with Crippen molar-refractivity contribution < 1.29 is 10.2 Å². The molecule has 2 aromatic heterocycles. The van der Waals surface area contributed by atoms with Crippen molar-refractivity contribution in [2.24, 2.45) is 0 Å². The smallest absolute Gasteiger partial charge is 0.151 e. The van der Waals surface area contributed by atoms with Crippen LogP contribution in [0.3, 0.4) is 0 Å². The number of hydrogen-bond acceptors (Lipinski definition) is 7. The van der Waals surface area contributed by atoms with Gasteiger partial charge in [0.15, 0.2) is 5.82 Å². The van der Waals surface area contributed by atoms with Gasteiger partial charge in [-0.3, -0.25) is 0 Å². The highest BCUT2D eigenvalue weighted by Gasteiger charge is 2.42. The van der Waals surface area contributed by atoms with Crippen molar-refractivity contribution in [2.45, 2.75) is 37.6 Å². The molecule has 1 aliphatic heterocycles. The molecule has 22 heavy (non-hydrogen) atoms. The zero-order chi connectivity index (χ0) is 15.7. The molecule has 0 spiro atoms. The average Bonchev–Trinajstić information content (AvgIpc) is 3.05. The molecular formula is C14H21N5O2S. The molecule has 0 aromatic carbocycles. The van der Waals surface area contributed by atoms with Crippen molar-refractivity contribution >= 4 is 28.6 Å². The van der Waals surface area contributed by atoms with Gasteiger partial charge in [-0.25, -0.2) is 9.97 Å². The van der Waals surface area contributed by atoms with Gasteiger partial charge in [0.2, 0.25) is 0 Å². The summed E-state index contributed by atoms with van der Waals surface area (Å²) in [6, 6.07) is -0.508. The van der Waals surface area contributed by atoms with E-state index in [0.717, 1.165) is 23.5 Å². The Hall–Kier alpha value is -1.35. The topological polar surface area (TPSA) is 120 Å². The molecule has 1 aliphatic rings. The zero-order valence-electron chi connectivity index (χ0n) is 12.4. The van der Waals surface area contributed by atoms with Crippen LogP contribution in [-0.2, 0) is 0 Å². The number of nitrogens with one attached hydrogen (secondary N) is 2. The predicted molar refractivity (Wildman–Crippen MR) is 87.6 cm³/mol. The third-order valence-corrected chi connectivity index (χ3v) is 5.29. The number of thioether (sulfide) groups is 1. The largest absolute Gasteiger partial charge is 0.389 e. The Balaban J connectivity index is 1.83. The summed E-state index contributed by atoms with van der Waals surface area (Å²) >= 11 is 1.77. The third-order valence-electron chi connectivity index (χ3n) is 4.00. The van der Waals surface area contributed by atoms with Crippen molar-refractivity contribution in [3.63, 3.8) is 0 Å². The maximum absolute atomic E-state index is 10.4. The molecular weight excluding hydrogens is 302 g/mol. The van der Waals surface area contributed by atoms with E-state index >= 15 is 0 Å². The molecule has 3 rings (SSSR count). The highest BCUT2D eigenvalue weighted by molar-refractivity contribution is 7.99. The lowest BCUT2D eigenvalue weighted by atomic mass is 10.0. The van der Waals surface area contributed by atoms with E-state index < -0.39 is 12.2 Å². The molecule has 0 amide bonds. The number of aromatic amines is 1. The average molecular weight is 323 g/mol. The van der Waals surface area contributed by atoms with E-state index in [4.69, 9.17) is 5.73 Å². The molecule has 2 unspecified atom stereocenters. The molecule has 2 aromatic rings. The fourth-order valence-corrected chi connectivity index (χ4v) is 3.86. The second-order valence-corrected chi connectivity index (χ2v) is 6.68. The summed E-state index contributed by atoms with van der Waals surface area (Å²) in [5.41, 5.74) is 7.96. The zero-order valence-corrected chi connectivity index (χ0v) is 13.2. The summed E-state index contributed by atoms with van der Waals surface area (Å²) in [4.78, 5) is 11.2. The number of hydrogen-bond donors (Lipinski definition) is 5. The Morgan fingerprint density at radius 2 is 2.14 bits per heavy atom. The van der Waals surface area contributed by atoms with Crippen LogP contribution < -0.4 is 11.1 Å². The number of aliphatic hydroxyl groups excluding tert-OH is 2. The number of nitrogens with two attached hydrogens (primary N) is 1. The molecule has 8 heteroatoms. The van der Waals surface area contributed by atoms with E-state index in [1.165, 1.54) is 6.33 Å². The molecule has 3 heterocycles. The second kappa shape index (κ2) is 6.41. The third kappa shape index (κ3) is 2.67. The minimum atomic E-state index is -0.873. The highest BCUT2D eigenvalue weighted by atomic mass is 32.2. The number of anilines is 1. The van der Waals surface area contributed by atoms with E-state index in [0.29, 0.717) is 16.9 Å². The summed E-state index contributed by atoms with van der Waals surface area (Å²) in [7, 11) is 0. The summed E-state index contributed by atoms with van der Waals surface area (Å²) in [5.74, 6) is 2.18. The summed E-state index contributed by atoms with van der Waals surface area (Å²) < 4.78 is 0. The standard InChI is InChI=1S/C14H21N5O2S/c1-2-3-22-5-8-12(20)13(21)10(19-8)7-4-16-11-9(7)17-6-18-14(11)15/h4,6,8,10,12-13,16,19-21H,2-3,5H2,1H3,(H2,15,17,18)/t8-,10?,12?,13-/m1/s1. The van der Waals surface area contributed by atoms with Crippen LogP contribution in [-0.4, -0.2) is 54.9 Å². The van der Waals surface area contributed by atoms with Gasteiger partial charge >= 0.3 is 0 Å². The molecule has 0 radical (unpaired) electrons. The number of nitrogen functional groups attached to an aromatic ring is 1. The van der Waals surface area contributed by atoms with E-state index in [2.05, 4.69) is 27.2 Å². The van der Waals surface area contributed by atoms with E-state index in [9.17, 15) is 10.2 Å². The molecule has 120 valence electrons. The molecule has 0 aliphatic carbocycles. The Bertz CT molecular complexity index is 649. The molecule has 0 saturated carbocycles. The summed E-state index contributed by atoms with van der Waals surface area (Å²) in [6.45, 7) is 2.12. The van der Waals surface area contributed by atoms with Crippen LogP contribution in [0.4, 0.5) is 5.82 Å². The number of H-pyrrole nitrogens is 1. The Morgan fingerprint density at radius 3 is 2.91 bits per heavy atom. The molecule has 1 fully saturated rings. The maximum Gasteiger partial charge on any atom is 0.151 e. The van der Waals surface area contributed by atoms with Gasteiger partial charge in [-0.05, 0) is 12.2 Å². The normalized spacial score (nSPS) is 28.5. The first-order valence-electron chi connectivity index (χ1n) is 7.40. The van der Waals surface area contributed by atoms with Crippen LogP contribution in [0, 0.1) is 0 Å². The van der Waals surface area contributed by atoms with Crippen molar-refractivity contribution in [3.05, 3.63) is 18.1 Å². The van der Waals surface area contributed by atoms with Gasteiger partial charge in [0.25, 0.3) is 0 Å².